The van der Waals surface area contributed by atoms with Gasteiger partial charge in [0.15, 0.2) is 0 Å². The molecule has 0 heterocycles. The Balaban J connectivity index is 2.13. The molecular formula is C23H30N2O5. The molecule has 1 N–H and O–H groups in total. The van der Waals surface area contributed by atoms with Crippen LogP contribution in [0, 0.1) is 0 Å². The van der Waals surface area contributed by atoms with E-state index < -0.39 is 11.7 Å². The molecule has 7 nitrogen and oxygen atoms in total. The molecular weight excluding hydrogens is 384 g/mol. The molecule has 0 spiro atoms. The van der Waals surface area contributed by atoms with Crippen LogP contribution in [0.5, 0.6) is 11.5 Å². The summed E-state index contributed by atoms with van der Waals surface area (Å²) in [5.74, 6) is 1.24. The number of anilines is 1. The summed E-state index contributed by atoms with van der Waals surface area (Å²) in [4.78, 5) is 26.5. The first-order valence-corrected chi connectivity index (χ1v) is 9.76. The molecule has 0 saturated carbocycles. The number of nitrogens with zero attached hydrogens (tertiary/aromatic N) is 1. The number of hydrogen-bond donors (Lipinski definition) is 1. The Morgan fingerprint density at radius 2 is 1.60 bits per heavy atom. The van der Waals surface area contributed by atoms with Crippen LogP contribution in [0.3, 0.4) is 0 Å². The molecule has 0 aliphatic rings. The summed E-state index contributed by atoms with van der Waals surface area (Å²) >= 11 is 0. The molecule has 7 heteroatoms. The minimum Gasteiger partial charge on any atom is -0.497 e. The van der Waals surface area contributed by atoms with Crippen molar-refractivity contribution < 1.29 is 23.8 Å². The predicted octanol–water partition coefficient (Wildman–Crippen LogP) is 4.15. The smallest absolute Gasteiger partial charge is 0.407 e. The number of hydrogen-bond acceptors (Lipinski definition) is 5. The van der Waals surface area contributed by atoms with E-state index in [1.807, 2.05) is 42.5 Å². The SMILES string of the molecule is COc1cccc(CN(C(=O)CCNC(=O)OC(C)(C)C)c2cccc(OC)c2)c1. The third-order valence-corrected chi connectivity index (χ3v) is 4.15. The summed E-state index contributed by atoms with van der Waals surface area (Å²) < 4.78 is 15.8. The van der Waals surface area contributed by atoms with E-state index in [-0.39, 0.29) is 18.9 Å². The average molecular weight is 415 g/mol. The topological polar surface area (TPSA) is 77.1 Å². The monoisotopic (exact) mass is 414 g/mol. The molecule has 2 aromatic rings. The van der Waals surface area contributed by atoms with Gasteiger partial charge in [0.25, 0.3) is 0 Å². The number of methoxy groups -OCH3 is 2. The van der Waals surface area contributed by atoms with E-state index in [2.05, 4.69) is 5.32 Å². The fourth-order valence-electron chi connectivity index (χ4n) is 2.78. The Kier molecular flexibility index (Phi) is 8.09. The summed E-state index contributed by atoms with van der Waals surface area (Å²) in [5.41, 5.74) is 1.04. The number of carbonyl (C=O) groups is 2. The lowest BCUT2D eigenvalue weighted by molar-refractivity contribution is -0.118. The quantitative estimate of drug-likeness (QED) is 0.702. The van der Waals surface area contributed by atoms with Crippen molar-refractivity contribution in [3.05, 3.63) is 54.1 Å². The van der Waals surface area contributed by atoms with Crippen molar-refractivity contribution in [3.63, 3.8) is 0 Å². The molecule has 0 aliphatic heterocycles. The van der Waals surface area contributed by atoms with Crippen molar-refractivity contribution >= 4 is 17.7 Å². The van der Waals surface area contributed by atoms with Gasteiger partial charge in [0.1, 0.15) is 17.1 Å². The number of alkyl carbamates (subject to hydrolysis) is 1. The van der Waals surface area contributed by atoms with E-state index in [0.29, 0.717) is 18.0 Å². The summed E-state index contributed by atoms with van der Waals surface area (Å²) in [7, 11) is 3.19. The van der Waals surface area contributed by atoms with Gasteiger partial charge in [-0.3, -0.25) is 4.79 Å². The van der Waals surface area contributed by atoms with Crippen molar-refractivity contribution in [3.8, 4) is 11.5 Å². The van der Waals surface area contributed by atoms with E-state index in [1.54, 1.807) is 46.0 Å². The number of benzene rings is 2. The molecule has 0 atom stereocenters. The molecule has 0 unspecified atom stereocenters. The van der Waals surface area contributed by atoms with Crippen LogP contribution < -0.4 is 19.7 Å². The van der Waals surface area contributed by atoms with Crippen LogP contribution in [0.25, 0.3) is 0 Å². The van der Waals surface area contributed by atoms with Crippen LogP contribution in [0.4, 0.5) is 10.5 Å². The van der Waals surface area contributed by atoms with Gasteiger partial charge in [0.2, 0.25) is 5.91 Å². The fraction of sp³-hybridized carbons (Fsp3) is 0.391. The highest BCUT2D eigenvalue weighted by Crippen LogP contribution is 2.24. The minimum absolute atomic E-state index is 0.125. The number of rotatable bonds is 8. The summed E-state index contributed by atoms with van der Waals surface area (Å²) in [6.45, 7) is 5.89. The van der Waals surface area contributed by atoms with E-state index in [0.717, 1.165) is 11.3 Å². The highest BCUT2D eigenvalue weighted by Gasteiger charge is 2.19. The Hall–Kier alpha value is -3.22. The van der Waals surface area contributed by atoms with Crippen molar-refractivity contribution in [2.45, 2.75) is 39.3 Å². The number of nitrogens with one attached hydrogen (secondary N) is 1. The van der Waals surface area contributed by atoms with Gasteiger partial charge < -0.3 is 24.4 Å². The van der Waals surface area contributed by atoms with Crippen molar-refractivity contribution in [2.75, 3.05) is 25.7 Å². The molecule has 162 valence electrons. The number of amides is 2. The van der Waals surface area contributed by atoms with Crippen LogP contribution >= 0.6 is 0 Å². The molecule has 2 amide bonds. The normalized spacial score (nSPS) is 10.8. The number of carbonyl (C=O) groups excluding carboxylic acids is 2. The third-order valence-electron chi connectivity index (χ3n) is 4.15. The second-order valence-corrected chi connectivity index (χ2v) is 7.71. The van der Waals surface area contributed by atoms with E-state index >= 15 is 0 Å². The van der Waals surface area contributed by atoms with Gasteiger partial charge in [-0.25, -0.2) is 4.79 Å². The van der Waals surface area contributed by atoms with Gasteiger partial charge >= 0.3 is 6.09 Å². The minimum atomic E-state index is -0.590. The molecule has 0 radical (unpaired) electrons. The van der Waals surface area contributed by atoms with Crippen LogP contribution in [0.2, 0.25) is 0 Å². The van der Waals surface area contributed by atoms with Crippen LogP contribution in [0.15, 0.2) is 48.5 Å². The predicted molar refractivity (Wildman–Crippen MR) is 116 cm³/mol. The van der Waals surface area contributed by atoms with Gasteiger partial charge in [-0.15, -0.1) is 0 Å². The van der Waals surface area contributed by atoms with E-state index in [1.165, 1.54) is 0 Å². The highest BCUT2D eigenvalue weighted by molar-refractivity contribution is 5.93. The van der Waals surface area contributed by atoms with Crippen LogP contribution in [-0.2, 0) is 16.1 Å². The first kappa shape index (κ1) is 23.1. The summed E-state index contributed by atoms with van der Waals surface area (Å²) in [5, 5.41) is 2.63. The zero-order chi connectivity index (χ0) is 22.1. The first-order chi connectivity index (χ1) is 14.2. The maximum absolute atomic E-state index is 13.0. The molecule has 0 fully saturated rings. The standard InChI is InChI=1S/C23H30N2O5/c1-23(2,3)30-22(27)24-13-12-21(26)25(18-9-7-11-20(15-18)29-5)16-17-8-6-10-19(14-17)28-4/h6-11,14-15H,12-13,16H2,1-5H3,(H,24,27). The second kappa shape index (κ2) is 10.5. The van der Waals surface area contributed by atoms with Crippen LogP contribution in [0.1, 0.15) is 32.8 Å². The molecule has 2 rings (SSSR count). The Bertz CT molecular complexity index is 861. The first-order valence-electron chi connectivity index (χ1n) is 9.76. The van der Waals surface area contributed by atoms with Gasteiger partial charge in [-0.2, -0.15) is 0 Å². The lowest BCUT2D eigenvalue weighted by atomic mass is 10.1. The summed E-state index contributed by atoms with van der Waals surface area (Å²) in [6.07, 6.45) is -0.420. The molecule has 0 aliphatic carbocycles. The van der Waals surface area contributed by atoms with Gasteiger partial charge in [0.05, 0.1) is 20.8 Å². The average Bonchev–Trinajstić information content (AvgIpc) is 2.70. The van der Waals surface area contributed by atoms with Crippen molar-refractivity contribution in [1.82, 2.24) is 5.32 Å². The third kappa shape index (κ3) is 7.31. The highest BCUT2D eigenvalue weighted by atomic mass is 16.6. The fourth-order valence-corrected chi connectivity index (χ4v) is 2.78. The van der Waals surface area contributed by atoms with Gasteiger partial charge in [-0.05, 0) is 50.6 Å². The molecule has 0 saturated heterocycles. The van der Waals surface area contributed by atoms with Gasteiger partial charge in [-0.1, -0.05) is 18.2 Å². The molecule has 0 bridgehead atoms. The Morgan fingerprint density at radius 1 is 0.967 bits per heavy atom. The van der Waals surface area contributed by atoms with E-state index in [4.69, 9.17) is 14.2 Å². The van der Waals surface area contributed by atoms with Crippen molar-refractivity contribution in [2.24, 2.45) is 0 Å². The van der Waals surface area contributed by atoms with Gasteiger partial charge in [0, 0.05) is 24.7 Å². The summed E-state index contributed by atoms with van der Waals surface area (Å²) in [6, 6.07) is 14.9. The largest absolute Gasteiger partial charge is 0.497 e. The maximum Gasteiger partial charge on any atom is 0.407 e. The zero-order valence-corrected chi connectivity index (χ0v) is 18.2. The van der Waals surface area contributed by atoms with Crippen molar-refractivity contribution in [1.29, 1.82) is 0 Å². The second-order valence-electron chi connectivity index (χ2n) is 7.71. The molecule has 0 aromatic heterocycles. The van der Waals surface area contributed by atoms with Crippen LogP contribution in [-0.4, -0.2) is 38.4 Å². The zero-order valence-electron chi connectivity index (χ0n) is 18.2. The Labute approximate surface area is 177 Å². The number of ether oxygens (including phenoxy) is 3. The lowest BCUT2D eigenvalue weighted by Gasteiger charge is -2.24. The lowest BCUT2D eigenvalue weighted by Crippen LogP contribution is -2.36. The maximum atomic E-state index is 13.0. The Morgan fingerprint density at radius 3 is 2.23 bits per heavy atom. The van der Waals surface area contributed by atoms with E-state index in [9.17, 15) is 9.59 Å². The molecule has 30 heavy (non-hydrogen) atoms. The molecule has 2 aromatic carbocycles.